The van der Waals surface area contributed by atoms with Gasteiger partial charge in [-0.1, -0.05) is 0 Å². The number of methoxy groups -OCH3 is 1. The Morgan fingerprint density at radius 1 is 1.43 bits per heavy atom. The van der Waals surface area contributed by atoms with Gasteiger partial charge in [-0.05, 0) is 40.5 Å². The van der Waals surface area contributed by atoms with Crippen LogP contribution < -0.4 is 4.74 Å². The van der Waals surface area contributed by atoms with Crippen LogP contribution in [-0.2, 0) is 9.05 Å². The topological polar surface area (TPSA) is 43.4 Å². The van der Waals surface area contributed by atoms with Gasteiger partial charge in [0.05, 0.1) is 12.0 Å². The third-order valence-electron chi connectivity index (χ3n) is 1.71. The van der Waals surface area contributed by atoms with Crippen molar-refractivity contribution < 1.29 is 13.2 Å². The standard InChI is InChI=1S/C8H8BrClO3S/c1-5-3-8(14(10,11)12)6(9)4-7(5)13-2/h3-4H,1-2H3. The molecule has 0 atom stereocenters. The third kappa shape index (κ3) is 2.40. The van der Waals surface area contributed by atoms with Gasteiger partial charge in [0.2, 0.25) is 0 Å². The minimum atomic E-state index is -3.71. The third-order valence-corrected chi connectivity index (χ3v) is 3.99. The fourth-order valence-electron chi connectivity index (χ4n) is 1.04. The number of ether oxygens (including phenoxy) is 1. The van der Waals surface area contributed by atoms with Gasteiger partial charge in [0.25, 0.3) is 9.05 Å². The molecule has 78 valence electrons. The SMILES string of the molecule is COc1cc(Br)c(S(=O)(=O)Cl)cc1C. The van der Waals surface area contributed by atoms with E-state index in [0.29, 0.717) is 10.2 Å². The fourth-order valence-corrected chi connectivity index (χ4v) is 3.28. The Bertz CT molecular complexity index is 456. The average Bonchev–Trinajstić information content (AvgIpc) is 2.06. The molecule has 0 saturated carbocycles. The van der Waals surface area contributed by atoms with E-state index in [-0.39, 0.29) is 4.90 Å². The molecule has 0 bridgehead atoms. The van der Waals surface area contributed by atoms with Gasteiger partial charge in [-0.2, -0.15) is 0 Å². The van der Waals surface area contributed by atoms with Crippen molar-refractivity contribution in [3.8, 4) is 5.75 Å². The second kappa shape index (κ2) is 4.08. The number of aryl methyl sites for hydroxylation is 1. The van der Waals surface area contributed by atoms with Crippen LogP contribution in [0.2, 0.25) is 0 Å². The van der Waals surface area contributed by atoms with Crippen molar-refractivity contribution in [2.24, 2.45) is 0 Å². The van der Waals surface area contributed by atoms with Crippen molar-refractivity contribution in [1.82, 2.24) is 0 Å². The molecule has 1 aromatic rings. The van der Waals surface area contributed by atoms with Crippen LogP contribution in [0.15, 0.2) is 21.5 Å². The Kier molecular flexibility index (Phi) is 3.44. The highest BCUT2D eigenvalue weighted by atomic mass is 79.9. The molecule has 0 fully saturated rings. The van der Waals surface area contributed by atoms with Crippen molar-refractivity contribution in [1.29, 1.82) is 0 Å². The lowest BCUT2D eigenvalue weighted by Crippen LogP contribution is -1.95. The highest BCUT2D eigenvalue weighted by Gasteiger charge is 2.16. The number of hydrogen-bond donors (Lipinski definition) is 0. The largest absolute Gasteiger partial charge is 0.496 e. The van der Waals surface area contributed by atoms with Gasteiger partial charge in [0.1, 0.15) is 5.75 Å². The van der Waals surface area contributed by atoms with Crippen LogP contribution in [0.5, 0.6) is 5.75 Å². The molecule has 0 aromatic heterocycles. The summed E-state index contributed by atoms with van der Waals surface area (Å²) in [6.07, 6.45) is 0. The zero-order chi connectivity index (χ0) is 10.9. The van der Waals surface area contributed by atoms with Crippen LogP contribution in [0, 0.1) is 6.92 Å². The lowest BCUT2D eigenvalue weighted by Gasteiger charge is -2.07. The maximum Gasteiger partial charge on any atom is 0.262 e. The maximum atomic E-state index is 11.1. The van der Waals surface area contributed by atoms with Gasteiger partial charge < -0.3 is 4.74 Å². The van der Waals surface area contributed by atoms with Crippen molar-refractivity contribution in [2.45, 2.75) is 11.8 Å². The van der Waals surface area contributed by atoms with Gasteiger partial charge in [0, 0.05) is 15.2 Å². The van der Waals surface area contributed by atoms with Crippen LogP contribution in [0.4, 0.5) is 0 Å². The van der Waals surface area contributed by atoms with Gasteiger partial charge in [-0.3, -0.25) is 0 Å². The molecular formula is C8H8BrClO3S. The first kappa shape index (κ1) is 11.8. The number of halogens is 2. The molecule has 3 nitrogen and oxygen atoms in total. The van der Waals surface area contributed by atoms with E-state index in [9.17, 15) is 8.42 Å². The summed E-state index contributed by atoms with van der Waals surface area (Å²) in [5.74, 6) is 0.612. The Balaban J connectivity index is 3.44. The molecule has 0 aliphatic carbocycles. The zero-order valence-corrected chi connectivity index (χ0v) is 10.7. The molecule has 0 heterocycles. The summed E-state index contributed by atoms with van der Waals surface area (Å²) in [7, 11) is 3.04. The lowest BCUT2D eigenvalue weighted by molar-refractivity contribution is 0.411. The molecule has 6 heteroatoms. The first-order valence-corrected chi connectivity index (χ1v) is 6.75. The normalized spacial score (nSPS) is 11.4. The molecule has 1 rings (SSSR count). The smallest absolute Gasteiger partial charge is 0.262 e. The van der Waals surface area contributed by atoms with E-state index in [4.69, 9.17) is 15.4 Å². The van der Waals surface area contributed by atoms with E-state index in [1.807, 2.05) is 0 Å². The maximum absolute atomic E-state index is 11.1. The Hall–Kier alpha value is -0.260. The fraction of sp³-hybridized carbons (Fsp3) is 0.250. The molecule has 0 N–H and O–H groups in total. The molecule has 0 aliphatic rings. The molecular weight excluding hydrogens is 292 g/mol. The second-order valence-electron chi connectivity index (χ2n) is 2.69. The van der Waals surface area contributed by atoms with Crippen LogP contribution in [-0.4, -0.2) is 15.5 Å². The Morgan fingerprint density at radius 2 is 2.00 bits per heavy atom. The summed E-state index contributed by atoms with van der Waals surface area (Å²) in [4.78, 5) is 0.0532. The molecule has 0 unspecified atom stereocenters. The molecule has 0 spiro atoms. The molecule has 0 saturated heterocycles. The predicted octanol–water partition coefficient (Wildman–Crippen LogP) is 2.69. The number of benzene rings is 1. The summed E-state index contributed by atoms with van der Waals surface area (Å²) in [5.41, 5.74) is 0.718. The first-order chi connectivity index (χ1) is 6.36. The summed E-state index contributed by atoms with van der Waals surface area (Å²) in [6, 6.07) is 3.04. The van der Waals surface area contributed by atoms with Gasteiger partial charge >= 0.3 is 0 Å². The summed E-state index contributed by atoms with van der Waals surface area (Å²) in [5, 5.41) is 0. The number of rotatable bonds is 2. The lowest BCUT2D eigenvalue weighted by atomic mass is 10.2. The van der Waals surface area contributed by atoms with E-state index in [0.717, 1.165) is 5.56 Å². The van der Waals surface area contributed by atoms with E-state index < -0.39 is 9.05 Å². The van der Waals surface area contributed by atoms with E-state index in [2.05, 4.69) is 15.9 Å². The summed E-state index contributed by atoms with van der Waals surface area (Å²) >= 11 is 3.11. The summed E-state index contributed by atoms with van der Waals surface area (Å²) in [6.45, 7) is 1.75. The van der Waals surface area contributed by atoms with Crippen molar-refractivity contribution in [3.05, 3.63) is 22.2 Å². The molecule has 0 radical (unpaired) electrons. The van der Waals surface area contributed by atoms with Crippen LogP contribution in [0.1, 0.15) is 5.56 Å². The highest BCUT2D eigenvalue weighted by Crippen LogP contribution is 2.31. The first-order valence-electron chi connectivity index (χ1n) is 3.65. The van der Waals surface area contributed by atoms with Crippen molar-refractivity contribution >= 4 is 35.7 Å². The van der Waals surface area contributed by atoms with Crippen LogP contribution >= 0.6 is 26.6 Å². The van der Waals surface area contributed by atoms with Crippen molar-refractivity contribution in [2.75, 3.05) is 7.11 Å². The Morgan fingerprint density at radius 3 is 2.43 bits per heavy atom. The summed E-state index contributed by atoms with van der Waals surface area (Å²) < 4.78 is 27.6. The van der Waals surface area contributed by atoms with Gasteiger partial charge in [0.15, 0.2) is 0 Å². The molecule has 0 amide bonds. The van der Waals surface area contributed by atoms with E-state index in [1.165, 1.54) is 13.2 Å². The monoisotopic (exact) mass is 298 g/mol. The van der Waals surface area contributed by atoms with Gasteiger partial charge in [-0.15, -0.1) is 0 Å². The van der Waals surface area contributed by atoms with E-state index >= 15 is 0 Å². The Labute approximate surface area is 95.6 Å². The minimum absolute atomic E-state index is 0.0532. The molecule has 1 aromatic carbocycles. The molecule has 14 heavy (non-hydrogen) atoms. The van der Waals surface area contributed by atoms with Crippen LogP contribution in [0.25, 0.3) is 0 Å². The molecule has 0 aliphatic heterocycles. The van der Waals surface area contributed by atoms with Gasteiger partial charge in [-0.25, -0.2) is 8.42 Å². The number of hydrogen-bond acceptors (Lipinski definition) is 3. The average molecular weight is 300 g/mol. The quantitative estimate of drug-likeness (QED) is 0.789. The van der Waals surface area contributed by atoms with E-state index in [1.54, 1.807) is 13.0 Å². The van der Waals surface area contributed by atoms with Crippen LogP contribution in [0.3, 0.4) is 0 Å². The van der Waals surface area contributed by atoms with Crippen molar-refractivity contribution in [3.63, 3.8) is 0 Å². The zero-order valence-electron chi connectivity index (χ0n) is 7.54. The second-order valence-corrected chi connectivity index (χ2v) is 6.08. The minimum Gasteiger partial charge on any atom is -0.496 e. The predicted molar refractivity (Wildman–Crippen MR) is 58.5 cm³/mol. The highest BCUT2D eigenvalue weighted by molar-refractivity contribution is 9.10.